The standard InChI is InChI=1S/C11H16BrN3OS/c12-9-7-17-6-8(9)10(11(13)16)15-4-1-2-14-3-5-15/h6-7,10,14H,1-5H2,(H2,13,16). The lowest BCUT2D eigenvalue weighted by atomic mass is 10.1. The molecule has 3 N–H and O–H groups in total. The molecule has 94 valence electrons. The molecule has 1 amide bonds. The number of carbonyl (C=O) groups excluding carboxylic acids is 1. The summed E-state index contributed by atoms with van der Waals surface area (Å²) in [7, 11) is 0. The van der Waals surface area contributed by atoms with Crippen molar-refractivity contribution < 1.29 is 4.79 Å². The Morgan fingerprint density at radius 2 is 2.29 bits per heavy atom. The number of primary amides is 1. The fourth-order valence-corrected chi connectivity index (χ4v) is 3.67. The molecule has 0 spiro atoms. The summed E-state index contributed by atoms with van der Waals surface area (Å²) >= 11 is 5.07. The molecule has 0 aliphatic carbocycles. The van der Waals surface area contributed by atoms with Crippen LogP contribution in [0.15, 0.2) is 15.2 Å². The zero-order chi connectivity index (χ0) is 12.3. The van der Waals surface area contributed by atoms with E-state index in [4.69, 9.17) is 5.73 Å². The van der Waals surface area contributed by atoms with Crippen molar-refractivity contribution in [1.82, 2.24) is 10.2 Å². The third-order valence-corrected chi connectivity index (χ3v) is 4.70. The minimum atomic E-state index is -0.310. The molecule has 1 atom stereocenters. The van der Waals surface area contributed by atoms with Crippen LogP contribution in [-0.2, 0) is 4.79 Å². The van der Waals surface area contributed by atoms with E-state index in [0.29, 0.717) is 0 Å². The number of nitrogens with one attached hydrogen (secondary N) is 1. The predicted octanol–water partition coefficient (Wildman–Crippen LogP) is 1.33. The van der Waals surface area contributed by atoms with Crippen LogP contribution in [0.3, 0.4) is 0 Å². The van der Waals surface area contributed by atoms with Gasteiger partial charge in [-0.25, -0.2) is 0 Å². The molecule has 1 fully saturated rings. The van der Waals surface area contributed by atoms with Crippen LogP contribution >= 0.6 is 27.3 Å². The van der Waals surface area contributed by atoms with Gasteiger partial charge in [-0.05, 0) is 34.3 Å². The maximum atomic E-state index is 11.7. The average molecular weight is 318 g/mol. The maximum absolute atomic E-state index is 11.7. The molecule has 2 heterocycles. The zero-order valence-electron chi connectivity index (χ0n) is 9.49. The van der Waals surface area contributed by atoms with Crippen LogP contribution in [0.5, 0.6) is 0 Å². The molecule has 1 aliphatic heterocycles. The Bertz CT molecular complexity index is 388. The second kappa shape index (κ2) is 5.95. The van der Waals surface area contributed by atoms with Crippen molar-refractivity contribution in [3.05, 3.63) is 20.8 Å². The van der Waals surface area contributed by atoms with E-state index in [-0.39, 0.29) is 11.9 Å². The van der Waals surface area contributed by atoms with Gasteiger partial charge in [0.05, 0.1) is 0 Å². The summed E-state index contributed by atoms with van der Waals surface area (Å²) in [6.07, 6.45) is 1.05. The number of hydrogen-bond acceptors (Lipinski definition) is 4. The fourth-order valence-electron chi connectivity index (χ4n) is 2.14. The summed E-state index contributed by atoms with van der Waals surface area (Å²) in [6.45, 7) is 3.68. The van der Waals surface area contributed by atoms with Crippen LogP contribution in [0.25, 0.3) is 0 Å². The highest BCUT2D eigenvalue weighted by Gasteiger charge is 2.28. The third kappa shape index (κ3) is 3.07. The summed E-state index contributed by atoms with van der Waals surface area (Å²) in [5.74, 6) is -0.272. The zero-order valence-corrected chi connectivity index (χ0v) is 11.9. The fraction of sp³-hybridized carbons (Fsp3) is 0.545. The molecular formula is C11H16BrN3OS. The van der Waals surface area contributed by atoms with Crippen LogP contribution in [0, 0.1) is 0 Å². The molecule has 1 aromatic heterocycles. The second-order valence-corrected chi connectivity index (χ2v) is 5.72. The number of nitrogens with two attached hydrogens (primary N) is 1. The first-order chi connectivity index (χ1) is 8.20. The lowest BCUT2D eigenvalue weighted by molar-refractivity contribution is -0.123. The van der Waals surface area contributed by atoms with Crippen molar-refractivity contribution >= 4 is 33.2 Å². The number of nitrogens with zero attached hydrogens (tertiary/aromatic N) is 1. The Hall–Kier alpha value is -0.430. The van der Waals surface area contributed by atoms with Crippen LogP contribution in [0.4, 0.5) is 0 Å². The SMILES string of the molecule is NC(=O)C(c1cscc1Br)N1CCCNCC1. The average Bonchev–Trinajstić information content (AvgIpc) is 2.55. The van der Waals surface area contributed by atoms with E-state index in [1.807, 2.05) is 10.8 Å². The minimum Gasteiger partial charge on any atom is -0.368 e. The maximum Gasteiger partial charge on any atom is 0.239 e. The van der Waals surface area contributed by atoms with Gasteiger partial charge in [-0.3, -0.25) is 9.69 Å². The highest BCUT2D eigenvalue weighted by molar-refractivity contribution is 9.10. The summed E-state index contributed by atoms with van der Waals surface area (Å²) in [5.41, 5.74) is 6.55. The number of halogens is 1. The van der Waals surface area contributed by atoms with E-state index in [1.54, 1.807) is 11.3 Å². The van der Waals surface area contributed by atoms with Crippen LogP contribution in [0.2, 0.25) is 0 Å². The normalized spacial score (nSPS) is 19.8. The molecule has 0 radical (unpaired) electrons. The lowest BCUT2D eigenvalue weighted by Gasteiger charge is -2.27. The van der Waals surface area contributed by atoms with Gasteiger partial charge in [0.1, 0.15) is 6.04 Å². The van der Waals surface area contributed by atoms with E-state index >= 15 is 0 Å². The summed E-state index contributed by atoms with van der Waals surface area (Å²) in [4.78, 5) is 13.9. The predicted molar refractivity (Wildman–Crippen MR) is 73.0 cm³/mol. The molecule has 6 heteroatoms. The first-order valence-corrected chi connectivity index (χ1v) is 7.39. The van der Waals surface area contributed by atoms with Crippen molar-refractivity contribution in [1.29, 1.82) is 0 Å². The molecular weight excluding hydrogens is 302 g/mol. The van der Waals surface area contributed by atoms with Crippen molar-refractivity contribution in [3.63, 3.8) is 0 Å². The Labute approximate surface area is 113 Å². The van der Waals surface area contributed by atoms with Gasteiger partial charge < -0.3 is 11.1 Å². The molecule has 17 heavy (non-hydrogen) atoms. The van der Waals surface area contributed by atoms with Gasteiger partial charge in [-0.1, -0.05) is 0 Å². The Morgan fingerprint density at radius 3 is 2.94 bits per heavy atom. The van der Waals surface area contributed by atoms with Gasteiger partial charge in [0.2, 0.25) is 5.91 Å². The molecule has 0 bridgehead atoms. The van der Waals surface area contributed by atoms with Crippen molar-refractivity contribution in [2.45, 2.75) is 12.5 Å². The molecule has 1 saturated heterocycles. The van der Waals surface area contributed by atoms with E-state index in [2.05, 4.69) is 26.1 Å². The summed E-state index contributed by atoms with van der Waals surface area (Å²) in [5, 5.41) is 7.31. The van der Waals surface area contributed by atoms with Crippen molar-refractivity contribution in [2.24, 2.45) is 5.73 Å². The number of thiophene rings is 1. The summed E-state index contributed by atoms with van der Waals surface area (Å²) < 4.78 is 0.975. The van der Waals surface area contributed by atoms with Crippen LogP contribution in [0.1, 0.15) is 18.0 Å². The van der Waals surface area contributed by atoms with Crippen LogP contribution < -0.4 is 11.1 Å². The molecule has 1 unspecified atom stereocenters. The number of carbonyl (C=O) groups is 1. The number of amides is 1. The monoisotopic (exact) mass is 317 g/mol. The van der Waals surface area contributed by atoms with Crippen molar-refractivity contribution in [2.75, 3.05) is 26.2 Å². The van der Waals surface area contributed by atoms with Crippen molar-refractivity contribution in [3.8, 4) is 0 Å². The Kier molecular flexibility index (Phi) is 4.55. The van der Waals surface area contributed by atoms with E-state index in [9.17, 15) is 4.79 Å². The van der Waals surface area contributed by atoms with Gasteiger partial charge >= 0.3 is 0 Å². The quantitative estimate of drug-likeness (QED) is 0.884. The smallest absolute Gasteiger partial charge is 0.239 e. The highest BCUT2D eigenvalue weighted by atomic mass is 79.9. The first-order valence-electron chi connectivity index (χ1n) is 5.66. The molecule has 1 aromatic rings. The van der Waals surface area contributed by atoms with Gasteiger partial charge in [0.15, 0.2) is 0 Å². The lowest BCUT2D eigenvalue weighted by Crippen LogP contribution is -2.39. The molecule has 2 rings (SSSR count). The number of hydrogen-bond donors (Lipinski definition) is 2. The van der Waals surface area contributed by atoms with Crippen LogP contribution in [-0.4, -0.2) is 37.0 Å². The Balaban J connectivity index is 2.22. The third-order valence-electron chi connectivity index (χ3n) is 2.95. The first kappa shape index (κ1) is 13.0. The second-order valence-electron chi connectivity index (χ2n) is 4.12. The van der Waals surface area contributed by atoms with Gasteiger partial charge in [0, 0.05) is 35.1 Å². The topological polar surface area (TPSA) is 58.4 Å². The summed E-state index contributed by atoms with van der Waals surface area (Å²) in [6, 6.07) is -0.310. The van der Waals surface area contributed by atoms with E-state index in [0.717, 1.165) is 42.6 Å². The molecule has 0 aromatic carbocycles. The largest absolute Gasteiger partial charge is 0.368 e. The molecule has 0 saturated carbocycles. The molecule has 1 aliphatic rings. The van der Waals surface area contributed by atoms with Gasteiger partial charge in [0.25, 0.3) is 0 Å². The Morgan fingerprint density at radius 1 is 1.47 bits per heavy atom. The van der Waals surface area contributed by atoms with Gasteiger partial charge in [-0.2, -0.15) is 11.3 Å². The van der Waals surface area contributed by atoms with Gasteiger partial charge in [-0.15, -0.1) is 0 Å². The number of rotatable bonds is 3. The van der Waals surface area contributed by atoms with E-state index < -0.39 is 0 Å². The highest BCUT2D eigenvalue weighted by Crippen LogP contribution is 2.31. The van der Waals surface area contributed by atoms with E-state index in [1.165, 1.54) is 0 Å². The molecule has 4 nitrogen and oxygen atoms in total. The minimum absolute atomic E-state index is 0.272.